The first-order valence-corrected chi connectivity index (χ1v) is 7.80. The molecule has 3 N–H and O–H groups in total. The minimum Gasteiger partial charge on any atom is -0.483 e. The van der Waals surface area contributed by atoms with Gasteiger partial charge in [-0.25, -0.2) is 9.78 Å². The summed E-state index contributed by atoms with van der Waals surface area (Å²) in [6.45, 7) is 3.24. The van der Waals surface area contributed by atoms with Crippen LogP contribution in [0.25, 0.3) is 0 Å². The lowest BCUT2D eigenvalue weighted by Crippen LogP contribution is -2.08. The van der Waals surface area contributed by atoms with Crippen LogP contribution in [0.2, 0.25) is 0 Å². The quantitative estimate of drug-likeness (QED) is 0.567. The van der Waals surface area contributed by atoms with Gasteiger partial charge in [0.1, 0.15) is 6.61 Å². The first-order chi connectivity index (χ1) is 11.6. The summed E-state index contributed by atoms with van der Waals surface area (Å²) in [5.74, 6) is 0.958. The Morgan fingerprint density at radius 2 is 2.04 bits per heavy atom. The highest BCUT2D eigenvalue weighted by Gasteiger charge is 2.08. The fourth-order valence-corrected chi connectivity index (χ4v) is 2.02. The standard InChI is InChI=1S/C17H22N4O3/c1-3-4-9-19-15-14(10-20-17(18)21-15)24-11-12-5-7-13(8-6-12)16(22)23-2/h5-8,10H,3-4,9,11H2,1-2H3,(H3,18,19,20,21). The predicted molar refractivity (Wildman–Crippen MR) is 92.0 cm³/mol. The third-order valence-corrected chi connectivity index (χ3v) is 3.37. The van der Waals surface area contributed by atoms with E-state index in [1.165, 1.54) is 7.11 Å². The van der Waals surface area contributed by atoms with Gasteiger partial charge >= 0.3 is 5.97 Å². The van der Waals surface area contributed by atoms with Crippen LogP contribution in [0.4, 0.5) is 11.8 Å². The van der Waals surface area contributed by atoms with E-state index in [1.54, 1.807) is 18.3 Å². The Hall–Kier alpha value is -2.83. The molecule has 0 fully saturated rings. The molecule has 0 aliphatic heterocycles. The van der Waals surface area contributed by atoms with Gasteiger partial charge in [0.05, 0.1) is 18.9 Å². The Labute approximate surface area is 141 Å². The van der Waals surface area contributed by atoms with E-state index >= 15 is 0 Å². The third kappa shape index (κ3) is 4.84. The van der Waals surface area contributed by atoms with Gasteiger partial charge in [0.25, 0.3) is 0 Å². The highest BCUT2D eigenvalue weighted by Crippen LogP contribution is 2.23. The molecular weight excluding hydrogens is 308 g/mol. The maximum absolute atomic E-state index is 11.4. The number of nitrogen functional groups attached to an aromatic ring is 1. The smallest absolute Gasteiger partial charge is 0.337 e. The number of nitrogens with one attached hydrogen (secondary N) is 1. The molecule has 128 valence electrons. The number of hydrogen-bond acceptors (Lipinski definition) is 7. The number of methoxy groups -OCH3 is 1. The lowest BCUT2D eigenvalue weighted by atomic mass is 10.1. The van der Waals surface area contributed by atoms with E-state index in [-0.39, 0.29) is 11.9 Å². The monoisotopic (exact) mass is 330 g/mol. The predicted octanol–water partition coefficient (Wildman–Crippen LogP) is 2.64. The Bertz CT molecular complexity index is 674. The summed E-state index contributed by atoms with van der Waals surface area (Å²) in [4.78, 5) is 19.6. The Balaban J connectivity index is 2.01. The van der Waals surface area contributed by atoms with Crippen LogP contribution < -0.4 is 15.8 Å². The highest BCUT2D eigenvalue weighted by atomic mass is 16.5. The maximum Gasteiger partial charge on any atom is 0.337 e. The van der Waals surface area contributed by atoms with Gasteiger partial charge in [0, 0.05) is 6.54 Å². The van der Waals surface area contributed by atoms with E-state index in [0.29, 0.717) is 23.7 Å². The molecule has 0 aliphatic rings. The second-order valence-corrected chi connectivity index (χ2v) is 5.20. The van der Waals surface area contributed by atoms with Crippen molar-refractivity contribution in [3.63, 3.8) is 0 Å². The van der Waals surface area contributed by atoms with Crippen molar-refractivity contribution >= 4 is 17.7 Å². The topological polar surface area (TPSA) is 99.4 Å². The number of nitrogens with two attached hydrogens (primary N) is 1. The van der Waals surface area contributed by atoms with Crippen molar-refractivity contribution in [2.75, 3.05) is 24.7 Å². The average molecular weight is 330 g/mol. The SMILES string of the molecule is CCCCNc1nc(N)ncc1OCc1ccc(C(=O)OC)cc1. The second kappa shape index (κ2) is 8.71. The highest BCUT2D eigenvalue weighted by molar-refractivity contribution is 5.89. The minimum absolute atomic E-state index is 0.198. The van der Waals surface area contributed by atoms with Crippen LogP contribution >= 0.6 is 0 Å². The molecule has 0 aliphatic carbocycles. The van der Waals surface area contributed by atoms with Gasteiger partial charge in [-0.3, -0.25) is 0 Å². The molecule has 0 bridgehead atoms. The van der Waals surface area contributed by atoms with Gasteiger partial charge in [-0.15, -0.1) is 0 Å². The number of aromatic nitrogens is 2. The summed E-state index contributed by atoms with van der Waals surface area (Å²) in [6, 6.07) is 7.03. The average Bonchev–Trinajstić information content (AvgIpc) is 2.61. The first-order valence-electron chi connectivity index (χ1n) is 7.80. The van der Waals surface area contributed by atoms with E-state index in [4.69, 9.17) is 10.5 Å². The van der Waals surface area contributed by atoms with Gasteiger partial charge in [-0.1, -0.05) is 25.5 Å². The molecular formula is C17H22N4O3. The Kier molecular flexibility index (Phi) is 6.36. The molecule has 0 saturated heterocycles. The number of carbonyl (C=O) groups is 1. The molecule has 0 atom stereocenters. The largest absolute Gasteiger partial charge is 0.483 e. The minimum atomic E-state index is -0.364. The second-order valence-electron chi connectivity index (χ2n) is 5.20. The van der Waals surface area contributed by atoms with Gasteiger partial charge in [0.2, 0.25) is 5.95 Å². The van der Waals surface area contributed by atoms with Crippen LogP contribution in [0, 0.1) is 0 Å². The van der Waals surface area contributed by atoms with Crippen LogP contribution in [0.1, 0.15) is 35.7 Å². The van der Waals surface area contributed by atoms with Crippen molar-refractivity contribution in [1.82, 2.24) is 9.97 Å². The number of anilines is 2. The molecule has 2 aromatic rings. The van der Waals surface area contributed by atoms with Crippen molar-refractivity contribution < 1.29 is 14.3 Å². The van der Waals surface area contributed by atoms with Gasteiger partial charge in [0.15, 0.2) is 11.6 Å². The molecule has 7 nitrogen and oxygen atoms in total. The summed E-state index contributed by atoms with van der Waals surface area (Å²) in [7, 11) is 1.35. The molecule has 0 amide bonds. The van der Waals surface area contributed by atoms with Crippen molar-refractivity contribution in [3.05, 3.63) is 41.6 Å². The van der Waals surface area contributed by atoms with Gasteiger partial charge in [-0.05, 0) is 24.1 Å². The number of rotatable bonds is 8. The van der Waals surface area contributed by atoms with Crippen LogP contribution in [-0.2, 0) is 11.3 Å². The molecule has 0 radical (unpaired) electrons. The number of benzene rings is 1. The normalized spacial score (nSPS) is 10.2. The lowest BCUT2D eigenvalue weighted by Gasteiger charge is -2.12. The maximum atomic E-state index is 11.4. The third-order valence-electron chi connectivity index (χ3n) is 3.37. The molecule has 1 aromatic carbocycles. The summed E-state index contributed by atoms with van der Waals surface area (Å²) < 4.78 is 10.4. The Morgan fingerprint density at radius 3 is 2.71 bits per heavy atom. The number of unbranched alkanes of at least 4 members (excludes halogenated alkanes) is 1. The molecule has 1 heterocycles. The fraction of sp³-hybridized carbons (Fsp3) is 0.353. The number of carbonyl (C=O) groups excluding carboxylic acids is 1. The number of hydrogen-bond donors (Lipinski definition) is 2. The number of nitrogens with zero attached hydrogens (tertiary/aromatic N) is 2. The van der Waals surface area contributed by atoms with Crippen molar-refractivity contribution in [1.29, 1.82) is 0 Å². The van der Waals surface area contributed by atoms with Crippen LogP contribution in [0.15, 0.2) is 30.5 Å². The van der Waals surface area contributed by atoms with Crippen LogP contribution in [-0.4, -0.2) is 29.6 Å². The van der Waals surface area contributed by atoms with E-state index in [0.717, 1.165) is 24.9 Å². The molecule has 0 saturated carbocycles. The molecule has 0 spiro atoms. The van der Waals surface area contributed by atoms with Crippen LogP contribution in [0.3, 0.4) is 0 Å². The summed E-state index contributed by atoms with van der Waals surface area (Å²) >= 11 is 0. The zero-order valence-corrected chi connectivity index (χ0v) is 13.9. The summed E-state index contributed by atoms with van der Waals surface area (Å²) in [5.41, 5.74) is 7.05. The molecule has 7 heteroatoms. The van der Waals surface area contributed by atoms with Crippen molar-refractivity contribution in [2.45, 2.75) is 26.4 Å². The molecule has 0 unspecified atom stereocenters. The van der Waals surface area contributed by atoms with Gasteiger partial charge in [-0.2, -0.15) is 4.98 Å². The number of esters is 1. The summed E-state index contributed by atoms with van der Waals surface area (Å²) in [5, 5.41) is 3.21. The molecule has 24 heavy (non-hydrogen) atoms. The number of ether oxygens (including phenoxy) is 2. The lowest BCUT2D eigenvalue weighted by molar-refractivity contribution is 0.0600. The van der Waals surface area contributed by atoms with Crippen LogP contribution in [0.5, 0.6) is 5.75 Å². The van der Waals surface area contributed by atoms with E-state index in [1.807, 2.05) is 12.1 Å². The Morgan fingerprint density at radius 1 is 1.29 bits per heavy atom. The zero-order valence-electron chi connectivity index (χ0n) is 13.9. The first kappa shape index (κ1) is 17.5. The van der Waals surface area contributed by atoms with E-state index < -0.39 is 0 Å². The van der Waals surface area contributed by atoms with Crippen molar-refractivity contribution in [3.8, 4) is 5.75 Å². The summed E-state index contributed by atoms with van der Waals surface area (Å²) in [6.07, 6.45) is 3.66. The molecule has 1 aromatic heterocycles. The van der Waals surface area contributed by atoms with Gasteiger partial charge < -0.3 is 20.5 Å². The molecule has 2 rings (SSSR count). The van der Waals surface area contributed by atoms with E-state index in [2.05, 4.69) is 26.9 Å². The van der Waals surface area contributed by atoms with Crippen molar-refractivity contribution in [2.24, 2.45) is 0 Å². The zero-order chi connectivity index (χ0) is 17.4. The fourth-order valence-electron chi connectivity index (χ4n) is 2.02. The van der Waals surface area contributed by atoms with E-state index in [9.17, 15) is 4.79 Å².